The van der Waals surface area contributed by atoms with Gasteiger partial charge < -0.3 is 10.5 Å². The van der Waals surface area contributed by atoms with Crippen LogP contribution < -0.4 is 15.2 Å². The minimum absolute atomic E-state index is 0.101. The van der Waals surface area contributed by atoms with Gasteiger partial charge in [-0.1, -0.05) is 12.5 Å². The van der Waals surface area contributed by atoms with Gasteiger partial charge in [0.2, 0.25) is 0 Å². The Kier molecular flexibility index (Phi) is 4.53. The monoisotopic (exact) mass is 366 g/mol. The number of rotatable bonds is 4. The average molecular weight is 366 g/mol. The maximum absolute atomic E-state index is 9.74. The fourth-order valence-electron chi connectivity index (χ4n) is 3.88. The van der Waals surface area contributed by atoms with Gasteiger partial charge >= 0.3 is 0 Å². The number of benzene rings is 1. The van der Waals surface area contributed by atoms with Gasteiger partial charge in [0, 0.05) is 18.5 Å². The molecule has 8 heteroatoms. The molecule has 0 amide bonds. The maximum Gasteiger partial charge on any atom is 0.158 e. The molecular weight excluding hydrogens is 340 g/mol. The zero-order valence-corrected chi connectivity index (χ0v) is 15.0. The number of piperidine rings is 1. The molecule has 0 spiro atoms. The summed E-state index contributed by atoms with van der Waals surface area (Å²) in [6, 6.07) is 6.20. The number of amidine groups is 1. The van der Waals surface area contributed by atoms with E-state index >= 15 is 0 Å². The zero-order chi connectivity index (χ0) is 17.4. The van der Waals surface area contributed by atoms with Gasteiger partial charge in [-0.05, 0) is 55.3 Å². The first kappa shape index (κ1) is 17.0. The molecule has 1 saturated heterocycles. The summed E-state index contributed by atoms with van der Waals surface area (Å²) in [5.41, 5.74) is 7.10. The van der Waals surface area contributed by atoms with E-state index in [2.05, 4.69) is 14.0 Å². The highest BCUT2D eigenvalue weighted by molar-refractivity contribution is 8.24. The summed E-state index contributed by atoms with van der Waals surface area (Å²) in [6.07, 6.45) is 6.45. The molecule has 1 atom stereocenters. The van der Waals surface area contributed by atoms with Crippen LogP contribution >= 0.6 is 11.0 Å². The number of hydrogen-bond acceptors (Lipinski definition) is 7. The Labute approximate surface area is 149 Å². The summed E-state index contributed by atoms with van der Waals surface area (Å²) < 4.78 is 31.9. The quantitative estimate of drug-likeness (QED) is 0.653. The van der Waals surface area contributed by atoms with Crippen molar-refractivity contribution in [2.75, 3.05) is 24.4 Å². The summed E-state index contributed by atoms with van der Waals surface area (Å²) in [6.45, 7) is 2.95. The number of hydrogen-bond donors (Lipinski definition) is 4. The normalized spacial score (nSPS) is 27.4. The predicted molar refractivity (Wildman–Crippen MR) is 101 cm³/mol. The Morgan fingerprint density at radius 1 is 1.28 bits per heavy atom. The largest absolute Gasteiger partial charge is 0.492 e. The molecule has 7 nitrogen and oxygen atoms in total. The van der Waals surface area contributed by atoms with Crippen LogP contribution in [0.15, 0.2) is 22.6 Å². The molecule has 4 rings (SSSR count). The van der Waals surface area contributed by atoms with Crippen molar-refractivity contribution < 1.29 is 13.8 Å². The lowest BCUT2D eigenvalue weighted by Crippen LogP contribution is -2.46. The average Bonchev–Trinajstić information content (AvgIpc) is 2.50. The molecule has 0 bridgehead atoms. The highest BCUT2D eigenvalue weighted by atomic mass is 32.3. The van der Waals surface area contributed by atoms with Crippen LogP contribution in [0.3, 0.4) is 0 Å². The van der Waals surface area contributed by atoms with Crippen LogP contribution in [-0.4, -0.2) is 45.6 Å². The SMILES string of the molecule is NC1=NS(O)(O)Nc2cccc(OC[C@H]3CCCN(C4CCC4)C3)c21. The lowest BCUT2D eigenvalue weighted by molar-refractivity contribution is 0.0602. The standard InChI is InChI=1S/C17H26N4O3S/c18-17-16-14(19-25(22,23)20-17)7-2-8-15(16)24-11-12-4-3-9-21(10-12)13-5-1-6-13/h2,7-8,12-13,19,22-23H,1,3-6,9-11H2,(H2,18,20)/t12-/m0/s1. The summed E-state index contributed by atoms with van der Waals surface area (Å²) in [7, 11) is -3.26. The first-order valence-corrected chi connectivity index (χ1v) is 10.4. The number of ether oxygens (including phenoxy) is 1. The first-order chi connectivity index (χ1) is 12.0. The number of fused-ring (bicyclic) bond motifs is 1. The van der Waals surface area contributed by atoms with Gasteiger partial charge in [-0.15, -0.1) is 4.40 Å². The van der Waals surface area contributed by atoms with Crippen molar-refractivity contribution in [1.82, 2.24) is 4.90 Å². The van der Waals surface area contributed by atoms with Crippen LogP contribution in [0.5, 0.6) is 5.75 Å². The van der Waals surface area contributed by atoms with E-state index in [-0.39, 0.29) is 5.84 Å². The molecule has 2 fully saturated rings. The number of nitrogens with zero attached hydrogens (tertiary/aromatic N) is 2. The Morgan fingerprint density at radius 2 is 2.12 bits per heavy atom. The first-order valence-electron chi connectivity index (χ1n) is 8.93. The molecule has 1 aromatic carbocycles. The maximum atomic E-state index is 9.74. The second kappa shape index (κ2) is 6.68. The van der Waals surface area contributed by atoms with Crippen LogP contribution in [0, 0.1) is 5.92 Å². The van der Waals surface area contributed by atoms with Gasteiger partial charge in [0.15, 0.2) is 5.84 Å². The Bertz CT molecular complexity index is 678. The summed E-state index contributed by atoms with van der Waals surface area (Å²) >= 11 is 0. The molecule has 0 radical (unpaired) electrons. The summed E-state index contributed by atoms with van der Waals surface area (Å²) in [5, 5.41) is 0. The van der Waals surface area contributed by atoms with Crippen molar-refractivity contribution in [2.24, 2.45) is 16.0 Å². The molecule has 0 unspecified atom stereocenters. The highest BCUT2D eigenvalue weighted by Gasteiger charge is 2.30. The van der Waals surface area contributed by atoms with Crippen LogP contribution in [0.4, 0.5) is 5.69 Å². The van der Waals surface area contributed by atoms with Gasteiger partial charge in [-0.2, -0.15) is 0 Å². The van der Waals surface area contributed by atoms with Gasteiger partial charge in [0.25, 0.3) is 0 Å². The smallest absolute Gasteiger partial charge is 0.158 e. The van der Waals surface area contributed by atoms with E-state index in [1.807, 2.05) is 12.1 Å². The van der Waals surface area contributed by atoms with Crippen molar-refractivity contribution in [3.63, 3.8) is 0 Å². The lowest BCUT2D eigenvalue weighted by Gasteiger charge is -2.42. The molecule has 2 heterocycles. The molecule has 1 aliphatic carbocycles. The van der Waals surface area contributed by atoms with Crippen molar-refractivity contribution in [2.45, 2.75) is 38.1 Å². The third-order valence-electron chi connectivity index (χ3n) is 5.37. The van der Waals surface area contributed by atoms with Crippen LogP contribution in [-0.2, 0) is 0 Å². The van der Waals surface area contributed by atoms with Crippen molar-refractivity contribution in [3.8, 4) is 5.75 Å². The summed E-state index contributed by atoms with van der Waals surface area (Å²) in [5.74, 6) is 1.26. The Hall–Kier alpha value is -1.48. The van der Waals surface area contributed by atoms with E-state index in [0.717, 1.165) is 12.6 Å². The highest BCUT2D eigenvalue weighted by Crippen LogP contribution is 2.46. The Balaban J connectivity index is 1.43. The Morgan fingerprint density at radius 3 is 2.88 bits per heavy atom. The minimum Gasteiger partial charge on any atom is -0.492 e. The van der Waals surface area contributed by atoms with Crippen LogP contribution in [0.2, 0.25) is 0 Å². The zero-order valence-electron chi connectivity index (χ0n) is 14.2. The fraction of sp³-hybridized carbons (Fsp3) is 0.588. The van der Waals surface area contributed by atoms with Gasteiger partial charge in [-0.3, -0.25) is 18.7 Å². The van der Waals surface area contributed by atoms with Gasteiger partial charge in [-0.25, -0.2) is 0 Å². The number of nitrogens with one attached hydrogen (secondary N) is 1. The third-order valence-corrected chi connectivity index (χ3v) is 6.32. The molecule has 0 aromatic heterocycles. The van der Waals surface area contributed by atoms with Gasteiger partial charge in [0.1, 0.15) is 5.75 Å². The second-order valence-electron chi connectivity index (χ2n) is 7.18. The van der Waals surface area contributed by atoms with Crippen molar-refractivity contribution in [1.29, 1.82) is 0 Å². The minimum atomic E-state index is -3.26. The van der Waals surface area contributed by atoms with Crippen molar-refractivity contribution in [3.05, 3.63) is 23.8 Å². The van der Waals surface area contributed by atoms with E-state index in [1.165, 1.54) is 38.6 Å². The molecular formula is C17H26N4O3S. The fourth-order valence-corrected chi connectivity index (χ4v) is 4.75. The molecule has 1 saturated carbocycles. The van der Waals surface area contributed by atoms with E-state index < -0.39 is 11.0 Å². The lowest BCUT2D eigenvalue weighted by atomic mass is 9.88. The molecule has 3 aliphatic rings. The second-order valence-corrected chi connectivity index (χ2v) is 8.60. The third kappa shape index (κ3) is 3.57. The van der Waals surface area contributed by atoms with Gasteiger partial charge in [0.05, 0.1) is 17.9 Å². The van der Waals surface area contributed by atoms with Crippen LogP contribution in [0.25, 0.3) is 0 Å². The number of likely N-dealkylation sites (tertiary alicyclic amines) is 1. The van der Waals surface area contributed by atoms with Crippen LogP contribution in [0.1, 0.15) is 37.7 Å². The number of anilines is 1. The van der Waals surface area contributed by atoms with Crippen molar-refractivity contribution >= 4 is 22.5 Å². The molecule has 25 heavy (non-hydrogen) atoms. The predicted octanol–water partition coefficient (Wildman–Crippen LogP) is 3.04. The topological polar surface area (TPSA) is 103 Å². The summed E-state index contributed by atoms with van der Waals surface area (Å²) in [4.78, 5) is 2.62. The van der Waals surface area contributed by atoms with E-state index in [4.69, 9.17) is 10.5 Å². The molecule has 2 aliphatic heterocycles. The van der Waals surface area contributed by atoms with E-state index in [1.54, 1.807) is 6.07 Å². The van der Waals surface area contributed by atoms with E-state index in [9.17, 15) is 9.11 Å². The molecule has 1 aromatic rings. The molecule has 5 N–H and O–H groups in total. The number of nitrogens with two attached hydrogens (primary N) is 1. The molecule has 138 valence electrons. The van der Waals surface area contributed by atoms with E-state index in [0.29, 0.717) is 29.5 Å².